The highest BCUT2D eigenvalue weighted by atomic mass is 16.4. The van der Waals surface area contributed by atoms with Gasteiger partial charge in [-0.1, -0.05) is 25.1 Å². The van der Waals surface area contributed by atoms with Gasteiger partial charge in [-0.2, -0.15) is 0 Å². The SMILES string of the molecule is CCC(O)CNC(=O)Cc1ccccc1C(=O)O. The van der Waals surface area contributed by atoms with Crippen LogP contribution in [0.4, 0.5) is 0 Å². The van der Waals surface area contributed by atoms with E-state index < -0.39 is 12.1 Å². The Bertz CT molecular complexity index is 431. The molecule has 5 heteroatoms. The maximum Gasteiger partial charge on any atom is 0.335 e. The molecule has 0 aromatic heterocycles. The van der Waals surface area contributed by atoms with Crippen LogP contribution in [0.3, 0.4) is 0 Å². The summed E-state index contributed by atoms with van der Waals surface area (Å²) in [6.07, 6.45) is -0.00563. The molecular weight excluding hydrogens is 234 g/mol. The Morgan fingerprint density at radius 3 is 2.61 bits per heavy atom. The first-order valence-electron chi connectivity index (χ1n) is 5.80. The number of carbonyl (C=O) groups is 2. The largest absolute Gasteiger partial charge is 0.478 e. The molecule has 0 saturated carbocycles. The summed E-state index contributed by atoms with van der Waals surface area (Å²) in [5, 5.41) is 20.8. The Morgan fingerprint density at radius 2 is 2.00 bits per heavy atom. The fourth-order valence-corrected chi connectivity index (χ4v) is 1.49. The number of hydrogen-bond acceptors (Lipinski definition) is 3. The van der Waals surface area contributed by atoms with Crippen LogP contribution < -0.4 is 5.32 Å². The van der Waals surface area contributed by atoms with Gasteiger partial charge in [-0.05, 0) is 18.1 Å². The van der Waals surface area contributed by atoms with Crippen LogP contribution >= 0.6 is 0 Å². The molecule has 3 N–H and O–H groups in total. The van der Waals surface area contributed by atoms with Crippen LogP contribution in [0.5, 0.6) is 0 Å². The van der Waals surface area contributed by atoms with Crippen LogP contribution in [-0.4, -0.2) is 34.7 Å². The van der Waals surface area contributed by atoms with E-state index in [-0.39, 0.29) is 24.4 Å². The highest BCUT2D eigenvalue weighted by molar-refractivity contribution is 5.91. The second-order valence-corrected chi connectivity index (χ2v) is 4.01. The van der Waals surface area contributed by atoms with Gasteiger partial charge in [0.2, 0.25) is 5.91 Å². The number of aliphatic hydroxyl groups excluding tert-OH is 1. The molecule has 1 aromatic carbocycles. The number of benzene rings is 1. The number of carboxylic acid groups (broad SMARTS) is 1. The second-order valence-electron chi connectivity index (χ2n) is 4.01. The second kappa shape index (κ2) is 6.76. The summed E-state index contributed by atoms with van der Waals surface area (Å²) in [5.41, 5.74) is 0.595. The van der Waals surface area contributed by atoms with Crippen molar-refractivity contribution < 1.29 is 19.8 Å². The van der Waals surface area contributed by atoms with Crippen molar-refractivity contribution in [3.63, 3.8) is 0 Å². The molecule has 0 aliphatic carbocycles. The van der Waals surface area contributed by atoms with Crippen molar-refractivity contribution in [2.24, 2.45) is 0 Å². The molecule has 0 saturated heterocycles. The fourth-order valence-electron chi connectivity index (χ4n) is 1.49. The van der Waals surface area contributed by atoms with Crippen molar-refractivity contribution in [3.05, 3.63) is 35.4 Å². The number of amides is 1. The number of carbonyl (C=O) groups excluding carboxylic acids is 1. The molecule has 98 valence electrons. The van der Waals surface area contributed by atoms with E-state index in [9.17, 15) is 14.7 Å². The lowest BCUT2D eigenvalue weighted by atomic mass is 10.0. The molecule has 18 heavy (non-hydrogen) atoms. The molecule has 5 nitrogen and oxygen atoms in total. The molecule has 0 spiro atoms. The lowest BCUT2D eigenvalue weighted by Gasteiger charge is -2.10. The summed E-state index contributed by atoms with van der Waals surface area (Å²) in [4.78, 5) is 22.5. The smallest absolute Gasteiger partial charge is 0.335 e. The van der Waals surface area contributed by atoms with E-state index in [0.29, 0.717) is 12.0 Å². The molecule has 0 radical (unpaired) electrons. The minimum absolute atomic E-state index is 0.00108. The van der Waals surface area contributed by atoms with Gasteiger partial charge >= 0.3 is 5.97 Å². The average molecular weight is 251 g/mol. The first kappa shape index (κ1) is 14.2. The lowest BCUT2D eigenvalue weighted by molar-refractivity contribution is -0.120. The number of aliphatic hydroxyl groups is 1. The van der Waals surface area contributed by atoms with Gasteiger partial charge in [-0.25, -0.2) is 4.79 Å². The van der Waals surface area contributed by atoms with E-state index in [1.807, 2.05) is 6.92 Å². The molecule has 1 rings (SSSR count). The number of nitrogens with one attached hydrogen (secondary N) is 1. The first-order chi connectivity index (χ1) is 8.54. The highest BCUT2D eigenvalue weighted by Crippen LogP contribution is 2.09. The molecule has 1 unspecified atom stereocenters. The van der Waals surface area contributed by atoms with Gasteiger partial charge in [0.05, 0.1) is 18.1 Å². The van der Waals surface area contributed by atoms with E-state index in [1.165, 1.54) is 6.07 Å². The molecule has 0 fully saturated rings. The Morgan fingerprint density at radius 1 is 1.33 bits per heavy atom. The van der Waals surface area contributed by atoms with Crippen molar-refractivity contribution in [1.82, 2.24) is 5.32 Å². The van der Waals surface area contributed by atoms with E-state index in [4.69, 9.17) is 5.11 Å². The predicted molar refractivity (Wildman–Crippen MR) is 66.4 cm³/mol. The van der Waals surface area contributed by atoms with Crippen molar-refractivity contribution in [2.75, 3.05) is 6.54 Å². The molecular formula is C13H17NO4. The normalized spacial score (nSPS) is 11.9. The van der Waals surface area contributed by atoms with Gasteiger partial charge in [-0.3, -0.25) is 4.79 Å². The maximum atomic E-state index is 11.6. The van der Waals surface area contributed by atoms with Crippen LogP contribution in [-0.2, 0) is 11.2 Å². The molecule has 1 amide bonds. The van der Waals surface area contributed by atoms with Gasteiger partial charge in [0.25, 0.3) is 0 Å². The highest BCUT2D eigenvalue weighted by Gasteiger charge is 2.12. The van der Waals surface area contributed by atoms with E-state index in [0.717, 1.165) is 0 Å². The number of rotatable bonds is 6. The minimum atomic E-state index is -1.05. The Labute approximate surface area is 105 Å². The van der Waals surface area contributed by atoms with Gasteiger partial charge < -0.3 is 15.5 Å². The van der Waals surface area contributed by atoms with Crippen LogP contribution in [0.1, 0.15) is 29.3 Å². The average Bonchev–Trinajstić information content (AvgIpc) is 2.36. The standard InChI is InChI=1S/C13H17NO4/c1-2-10(15)8-14-12(16)7-9-5-3-4-6-11(9)13(17)18/h3-6,10,15H,2,7-8H2,1H3,(H,14,16)(H,17,18). The van der Waals surface area contributed by atoms with Crippen molar-refractivity contribution in [3.8, 4) is 0 Å². The third-order valence-electron chi connectivity index (χ3n) is 2.60. The molecule has 0 aliphatic heterocycles. The Kier molecular flexibility index (Phi) is 5.32. The van der Waals surface area contributed by atoms with E-state index >= 15 is 0 Å². The van der Waals surface area contributed by atoms with Crippen molar-refractivity contribution in [1.29, 1.82) is 0 Å². The summed E-state index contributed by atoms with van der Waals surface area (Å²) in [7, 11) is 0. The predicted octanol–water partition coefficient (Wildman–Crippen LogP) is 0.814. The lowest BCUT2D eigenvalue weighted by Crippen LogP contribution is -2.33. The quantitative estimate of drug-likeness (QED) is 0.698. The third kappa shape index (κ3) is 4.18. The summed E-state index contributed by atoms with van der Waals surface area (Å²) in [5.74, 6) is -1.34. The number of hydrogen-bond donors (Lipinski definition) is 3. The van der Waals surface area contributed by atoms with Crippen molar-refractivity contribution >= 4 is 11.9 Å². The van der Waals surface area contributed by atoms with Crippen LogP contribution in [0, 0.1) is 0 Å². The zero-order valence-electron chi connectivity index (χ0n) is 10.2. The Balaban J connectivity index is 2.62. The zero-order valence-corrected chi connectivity index (χ0v) is 10.2. The zero-order chi connectivity index (χ0) is 13.5. The Hall–Kier alpha value is -1.88. The van der Waals surface area contributed by atoms with Crippen LogP contribution in [0.15, 0.2) is 24.3 Å². The summed E-state index contributed by atoms with van der Waals surface area (Å²) in [6, 6.07) is 6.38. The number of aromatic carboxylic acids is 1. The number of carboxylic acids is 1. The molecule has 1 atom stereocenters. The summed E-state index contributed by atoms with van der Waals surface area (Å²) in [6.45, 7) is 2.00. The van der Waals surface area contributed by atoms with E-state index in [1.54, 1.807) is 18.2 Å². The van der Waals surface area contributed by atoms with Crippen LogP contribution in [0.2, 0.25) is 0 Å². The van der Waals surface area contributed by atoms with E-state index in [2.05, 4.69) is 5.32 Å². The monoisotopic (exact) mass is 251 g/mol. The summed E-state index contributed by atoms with van der Waals surface area (Å²) < 4.78 is 0. The van der Waals surface area contributed by atoms with Crippen LogP contribution in [0.25, 0.3) is 0 Å². The first-order valence-corrected chi connectivity index (χ1v) is 5.80. The summed E-state index contributed by atoms with van der Waals surface area (Å²) >= 11 is 0. The topological polar surface area (TPSA) is 86.6 Å². The maximum absolute atomic E-state index is 11.6. The molecule has 0 aliphatic rings. The fraction of sp³-hybridized carbons (Fsp3) is 0.385. The van der Waals surface area contributed by atoms with Gasteiger partial charge in [-0.15, -0.1) is 0 Å². The molecule has 0 bridgehead atoms. The van der Waals surface area contributed by atoms with Gasteiger partial charge in [0.1, 0.15) is 0 Å². The molecule has 0 heterocycles. The molecule has 1 aromatic rings. The van der Waals surface area contributed by atoms with Gasteiger partial charge in [0, 0.05) is 6.54 Å². The third-order valence-corrected chi connectivity index (χ3v) is 2.60. The van der Waals surface area contributed by atoms with Crippen molar-refractivity contribution in [2.45, 2.75) is 25.9 Å². The minimum Gasteiger partial charge on any atom is -0.478 e. The van der Waals surface area contributed by atoms with Gasteiger partial charge in [0.15, 0.2) is 0 Å².